The summed E-state index contributed by atoms with van der Waals surface area (Å²) in [5, 5.41) is 11.7. The zero-order valence-corrected chi connectivity index (χ0v) is 11.3. The van der Waals surface area contributed by atoms with Crippen LogP contribution in [0.1, 0.15) is 31.7 Å². The molecule has 1 unspecified atom stereocenters. The van der Waals surface area contributed by atoms with E-state index in [2.05, 4.69) is 5.32 Å². The van der Waals surface area contributed by atoms with Crippen molar-refractivity contribution in [2.24, 2.45) is 5.92 Å². The molecule has 1 rings (SSSR count). The van der Waals surface area contributed by atoms with Gasteiger partial charge in [-0.05, 0) is 18.4 Å². The third-order valence-corrected chi connectivity index (χ3v) is 3.02. The van der Waals surface area contributed by atoms with E-state index in [-0.39, 0.29) is 12.5 Å². The Morgan fingerprint density at radius 1 is 1.26 bits per heavy atom. The lowest BCUT2D eigenvalue weighted by molar-refractivity contribution is -0.141. The number of hydrogen-bond donors (Lipinski definition) is 2. The molecule has 0 spiro atoms. The lowest BCUT2D eigenvalue weighted by atomic mass is 10.0. The second-order valence-corrected chi connectivity index (χ2v) is 4.61. The fourth-order valence-electron chi connectivity index (χ4n) is 1.89. The normalized spacial score (nSPS) is 11.8. The van der Waals surface area contributed by atoms with Gasteiger partial charge < -0.3 is 10.4 Å². The van der Waals surface area contributed by atoms with Gasteiger partial charge >= 0.3 is 5.97 Å². The maximum atomic E-state index is 11.6. The third-order valence-electron chi connectivity index (χ3n) is 3.02. The second-order valence-electron chi connectivity index (χ2n) is 4.61. The molecule has 0 saturated carbocycles. The predicted octanol–water partition coefficient (Wildman–Crippen LogP) is 2.24. The van der Waals surface area contributed by atoms with E-state index in [0.29, 0.717) is 19.3 Å². The predicted molar refractivity (Wildman–Crippen MR) is 73.8 cm³/mol. The molecule has 0 radical (unpaired) electrons. The van der Waals surface area contributed by atoms with Crippen LogP contribution in [0, 0.1) is 5.92 Å². The van der Waals surface area contributed by atoms with E-state index >= 15 is 0 Å². The largest absolute Gasteiger partial charge is 0.481 e. The Balaban J connectivity index is 2.29. The number of aliphatic carboxylic acids is 1. The smallest absolute Gasteiger partial charge is 0.308 e. The van der Waals surface area contributed by atoms with E-state index in [1.807, 2.05) is 37.3 Å². The maximum absolute atomic E-state index is 11.6. The molecule has 0 saturated heterocycles. The molecule has 0 aliphatic rings. The Hall–Kier alpha value is -1.84. The van der Waals surface area contributed by atoms with Gasteiger partial charge in [-0.2, -0.15) is 0 Å². The SMILES string of the molecule is CCCC(CNC(=O)CCc1ccccc1)C(=O)O. The van der Waals surface area contributed by atoms with E-state index in [9.17, 15) is 9.59 Å². The van der Waals surface area contributed by atoms with Crippen molar-refractivity contribution in [3.05, 3.63) is 35.9 Å². The molecule has 1 atom stereocenters. The van der Waals surface area contributed by atoms with Crippen LogP contribution in [0.2, 0.25) is 0 Å². The van der Waals surface area contributed by atoms with Crippen molar-refractivity contribution in [2.45, 2.75) is 32.6 Å². The summed E-state index contributed by atoms with van der Waals surface area (Å²) in [6.07, 6.45) is 2.46. The Labute approximate surface area is 113 Å². The fourth-order valence-corrected chi connectivity index (χ4v) is 1.89. The van der Waals surface area contributed by atoms with Crippen molar-refractivity contribution in [2.75, 3.05) is 6.54 Å². The molecule has 0 bridgehead atoms. The average Bonchev–Trinajstić information content (AvgIpc) is 2.42. The number of aryl methyl sites for hydroxylation is 1. The van der Waals surface area contributed by atoms with E-state index in [1.54, 1.807) is 0 Å². The van der Waals surface area contributed by atoms with Crippen LogP contribution in [-0.2, 0) is 16.0 Å². The zero-order chi connectivity index (χ0) is 14.1. The molecule has 0 fully saturated rings. The van der Waals surface area contributed by atoms with Crippen molar-refractivity contribution in [3.63, 3.8) is 0 Å². The van der Waals surface area contributed by atoms with Gasteiger partial charge in [-0.25, -0.2) is 0 Å². The van der Waals surface area contributed by atoms with Crippen molar-refractivity contribution in [1.82, 2.24) is 5.32 Å². The summed E-state index contributed by atoms with van der Waals surface area (Å²) in [5.74, 6) is -1.41. The van der Waals surface area contributed by atoms with E-state index < -0.39 is 11.9 Å². The highest BCUT2D eigenvalue weighted by atomic mass is 16.4. The number of carbonyl (C=O) groups excluding carboxylic acids is 1. The Morgan fingerprint density at radius 3 is 2.53 bits per heavy atom. The standard InChI is InChI=1S/C15H21NO3/c1-2-6-13(15(18)19)11-16-14(17)10-9-12-7-4-3-5-8-12/h3-5,7-8,13H,2,6,9-11H2,1H3,(H,16,17)(H,18,19). The van der Waals surface area contributed by atoms with Gasteiger partial charge in [0.25, 0.3) is 0 Å². The van der Waals surface area contributed by atoms with Gasteiger partial charge in [0.2, 0.25) is 5.91 Å². The average molecular weight is 263 g/mol. The molecule has 0 aromatic heterocycles. The van der Waals surface area contributed by atoms with Crippen LogP contribution in [0.3, 0.4) is 0 Å². The summed E-state index contributed by atoms with van der Waals surface area (Å²) in [6.45, 7) is 2.16. The first-order chi connectivity index (χ1) is 9.13. The molecule has 0 heterocycles. The lowest BCUT2D eigenvalue weighted by Crippen LogP contribution is -2.33. The molecular formula is C15H21NO3. The third kappa shape index (κ3) is 6.04. The van der Waals surface area contributed by atoms with E-state index in [1.165, 1.54) is 0 Å². The summed E-state index contributed by atoms with van der Waals surface area (Å²) >= 11 is 0. The summed E-state index contributed by atoms with van der Waals surface area (Å²) in [7, 11) is 0. The highest BCUT2D eigenvalue weighted by molar-refractivity contribution is 5.77. The van der Waals surface area contributed by atoms with Crippen LogP contribution in [-0.4, -0.2) is 23.5 Å². The minimum atomic E-state index is -0.842. The Kier molecular flexibility index (Phi) is 6.64. The number of carboxylic acid groups (broad SMARTS) is 1. The number of rotatable bonds is 8. The topological polar surface area (TPSA) is 66.4 Å². The summed E-state index contributed by atoms with van der Waals surface area (Å²) in [6, 6.07) is 9.77. The fraction of sp³-hybridized carbons (Fsp3) is 0.467. The van der Waals surface area contributed by atoms with Gasteiger partial charge in [0.1, 0.15) is 0 Å². The van der Waals surface area contributed by atoms with Gasteiger partial charge in [-0.3, -0.25) is 9.59 Å². The summed E-state index contributed by atoms with van der Waals surface area (Å²) < 4.78 is 0. The molecule has 104 valence electrons. The molecule has 4 nitrogen and oxygen atoms in total. The molecule has 19 heavy (non-hydrogen) atoms. The minimum Gasteiger partial charge on any atom is -0.481 e. The highest BCUT2D eigenvalue weighted by Crippen LogP contribution is 2.06. The van der Waals surface area contributed by atoms with Crippen LogP contribution >= 0.6 is 0 Å². The Bertz CT molecular complexity index is 403. The molecule has 0 aliphatic heterocycles. The number of benzene rings is 1. The van der Waals surface area contributed by atoms with Crippen LogP contribution in [0.25, 0.3) is 0 Å². The van der Waals surface area contributed by atoms with Gasteiger partial charge in [-0.1, -0.05) is 43.7 Å². The minimum absolute atomic E-state index is 0.0915. The molecular weight excluding hydrogens is 242 g/mol. The lowest BCUT2D eigenvalue weighted by Gasteiger charge is -2.12. The summed E-state index contributed by atoms with van der Waals surface area (Å²) in [4.78, 5) is 22.6. The van der Waals surface area contributed by atoms with Gasteiger partial charge in [0, 0.05) is 13.0 Å². The molecule has 4 heteroatoms. The molecule has 1 aromatic rings. The van der Waals surface area contributed by atoms with Crippen LogP contribution < -0.4 is 5.32 Å². The summed E-state index contributed by atoms with van der Waals surface area (Å²) in [5.41, 5.74) is 1.11. The van der Waals surface area contributed by atoms with Crippen molar-refractivity contribution >= 4 is 11.9 Å². The number of amides is 1. The van der Waals surface area contributed by atoms with E-state index in [4.69, 9.17) is 5.11 Å². The van der Waals surface area contributed by atoms with Crippen LogP contribution in [0.15, 0.2) is 30.3 Å². The molecule has 0 aliphatic carbocycles. The molecule has 1 amide bonds. The first-order valence-electron chi connectivity index (χ1n) is 6.67. The first-order valence-corrected chi connectivity index (χ1v) is 6.67. The first kappa shape index (κ1) is 15.2. The maximum Gasteiger partial charge on any atom is 0.308 e. The van der Waals surface area contributed by atoms with Gasteiger partial charge in [0.15, 0.2) is 0 Å². The Morgan fingerprint density at radius 2 is 1.95 bits per heavy atom. The number of carbonyl (C=O) groups is 2. The second kappa shape index (κ2) is 8.29. The highest BCUT2D eigenvalue weighted by Gasteiger charge is 2.16. The van der Waals surface area contributed by atoms with Crippen molar-refractivity contribution in [3.8, 4) is 0 Å². The van der Waals surface area contributed by atoms with Gasteiger partial charge in [0.05, 0.1) is 5.92 Å². The molecule has 2 N–H and O–H groups in total. The van der Waals surface area contributed by atoms with E-state index in [0.717, 1.165) is 12.0 Å². The van der Waals surface area contributed by atoms with Crippen LogP contribution in [0.4, 0.5) is 0 Å². The number of nitrogens with one attached hydrogen (secondary N) is 1. The van der Waals surface area contributed by atoms with Crippen LogP contribution in [0.5, 0.6) is 0 Å². The van der Waals surface area contributed by atoms with Crippen molar-refractivity contribution < 1.29 is 14.7 Å². The van der Waals surface area contributed by atoms with Crippen molar-refractivity contribution in [1.29, 1.82) is 0 Å². The number of hydrogen-bond acceptors (Lipinski definition) is 2. The monoisotopic (exact) mass is 263 g/mol. The van der Waals surface area contributed by atoms with Gasteiger partial charge in [-0.15, -0.1) is 0 Å². The number of carboxylic acids is 1. The zero-order valence-electron chi connectivity index (χ0n) is 11.3. The molecule has 1 aromatic carbocycles. The quantitative estimate of drug-likeness (QED) is 0.756.